The fraction of sp³-hybridized carbons (Fsp3) is 0.435. The highest BCUT2D eigenvalue weighted by atomic mass is 16.5. The number of H-pyrrole nitrogens is 2. The van der Waals surface area contributed by atoms with Gasteiger partial charge < -0.3 is 15.0 Å². The first kappa shape index (κ1) is 21.1. The number of aromatic nitrogens is 3. The number of fused-ring (bicyclic) bond motifs is 1. The largest absolute Gasteiger partial charge is 0.361 e. The third-order valence-corrected chi connectivity index (χ3v) is 6.42. The van der Waals surface area contributed by atoms with Crippen LogP contribution in [0, 0.1) is 11.8 Å². The zero-order valence-corrected chi connectivity index (χ0v) is 18.0. The molecule has 1 unspecified atom stereocenters. The molecule has 4 rings (SSSR count). The first-order valence-corrected chi connectivity index (χ1v) is 10.7. The van der Waals surface area contributed by atoms with Gasteiger partial charge in [0.2, 0.25) is 0 Å². The second kappa shape index (κ2) is 8.55. The van der Waals surface area contributed by atoms with Crippen molar-refractivity contribution in [3.05, 3.63) is 68.6 Å². The number of nitrogens with zero attached hydrogens (tertiary/aromatic N) is 1. The van der Waals surface area contributed by atoms with Gasteiger partial charge in [-0.3, -0.25) is 19.1 Å². The highest BCUT2D eigenvalue weighted by molar-refractivity contribution is 5.93. The van der Waals surface area contributed by atoms with Crippen LogP contribution in [-0.4, -0.2) is 33.1 Å². The first-order valence-electron chi connectivity index (χ1n) is 10.7. The topological polar surface area (TPSA) is 109 Å². The maximum absolute atomic E-state index is 12.7. The molecule has 0 saturated carbocycles. The first-order chi connectivity index (χ1) is 14.9. The summed E-state index contributed by atoms with van der Waals surface area (Å²) < 4.78 is 7.39. The number of carbonyl (C=O) groups is 1. The lowest BCUT2D eigenvalue weighted by Gasteiger charge is -2.19. The summed E-state index contributed by atoms with van der Waals surface area (Å²) in [7, 11) is 0. The van der Waals surface area contributed by atoms with Gasteiger partial charge in [0, 0.05) is 35.8 Å². The number of rotatable bonds is 6. The minimum atomic E-state index is -0.698. The average Bonchev–Trinajstić information content (AvgIpc) is 3.29. The third kappa shape index (κ3) is 3.95. The summed E-state index contributed by atoms with van der Waals surface area (Å²) >= 11 is 0. The molecule has 0 spiro atoms. The van der Waals surface area contributed by atoms with Gasteiger partial charge in [0.1, 0.15) is 11.8 Å². The van der Waals surface area contributed by atoms with E-state index in [1.807, 2.05) is 44.3 Å². The summed E-state index contributed by atoms with van der Waals surface area (Å²) in [5.41, 5.74) is 0.764. The Balaban J connectivity index is 1.50. The van der Waals surface area contributed by atoms with Gasteiger partial charge in [-0.2, -0.15) is 0 Å². The Morgan fingerprint density at radius 2 is 1.97 bits per heavy atom. The summed E-state index contributed by atoms with van der Waals surface area (Å²) in [5, 5.41) is 3.90. The van der Waals surface area contributed by atoms with Gasteiger partial charge in [0.05, 0.1) is 6.10 Å². The molecule has 1 amide bonds. The molecule has 8 nitrogen and oxygen atoms in total. The molecule has 1 fully saturated rings. The average molecular weight is 425 g/mol. The summed E-state index contributed by atoms with van der Waals surface area (Å²) in [4.78, 5) is 42.9. The Hall–Kier alpha value is -3.13. The van der Waals surface area contributed by atoms with E-state index in [0.29, 0.717) is 13.0 Å². The fourth-order valence-corrected chi connectivity index (χ4v) is 4.39. The fourth-order valence-electron chi connectivity index (χ4n) is 4.39. The van der Waals surface area contributed by atoms with E-state index in [9.17, 15) is 14.4 Å². The Kier molecular flexibility index (Phi) is 5.82. The van der Waals surface area contributed by atoms with Crippen molar-refractivity contribution in [3.8, 4) is 0 Å². The van der Waals surface area contributed by atoms with E-state index < -0.39 is 23.4 Å². The lowest BCUT2D eigenvalue weighted by molar-refractivity contribution is -0.0169. The molecule has 0 aliphatic carbocycles. The highest BCUT2D eigenvalue weighted by Gasteiger charge is 2.39. The number of aromatic amines is 2. The Morgan fingerprint density at radius 1 is 1.19 bits per heavy atom. The maximum atomic E-state index is 12.7. The van der Waals surface area contributed by atoms with Gasteiger partial charge in [-0.1, -0.05) is 39.0 Å². The van der Waals surface area contributed by atoms with Crippen LogP contribution in [0.25, 0.3) is 10.9 Å². The van der Waals surface area contributed by atoms with Crippen molar-refractivity contribution < 1.29 is 9.53 Å². The quantitative estimate of drug-likeness (QED) is 0.565. The minimum absolute atomic E-state index is 0.0345. The number of nitrogens with one attached hydrogen (secondary N) is 3. The number of hydrogen-bond donors (Lipinski definition) is 3. The van der Waals surface area contributed by atoms with Gasteiger partial charge in [-0.05, 0) is 30.4 Å². The lowest BCUT2D eigenvalue weighted by atomic mass is 9.91. The van der Waals surface area contributed by atoms with E-state index in [1.165, 1.54) is 10.8 Å². The molecule has 0 bridgehead atoms. The van der Waals surface area contributed by atoms with Crippen molar-refractivity contribution in [2.75, 3.05) is 6.54 Å². The van der Waals surface area contributed by atoms with E-state index in [2.05, 4.69) is 22.2 Å². The molecule has 8 heteroatoms. The zero-order valence-electron chi connectivity index (χ0n) is 18.0. The van der Waals surface area contributed by atoms with Gasteiger partial charge in [0.15, 0.2) is 0 Å². The number of benzene rings is 1. The maximum Gasteiger partial charge on any atom is 0.330 e. The van der Waals surface area contributed by atoms with Crippen LogP contribution in [-0.2, 0) is 11.2 Å². The molecule has 1 aromatic carbocycles. The van der Waals surface area contributed by atoms with Crippen LogP contribution in [0.15, 0.2) is 46.2 Å². The normalized spacial score (nSPS) is 23.3. The van der Waals surface area contributed by atoms with Gasteiger partial charge >= 0.3 is 5.69 Å². The zero-order chi connectivity index (χ0) is 22.1. The number of hydrogen-bond acceptors (Lipinski definition) is 4. The molecule has 1 aliphatic rings. The SMILES string of the molecule is CC[C@H]1O[C@@H](n2cc(C(=O)NCCc3c[nH]c4ccccc34)c(=O)[nH]c2=O)[C@@H](C)C1C. The molecule has 2 aromatic heterocycles. The van der Waals surface area contributed by atoms with E-state index >= 15 is 0 Å². The second-order valence-electron chi connectivity index (χ2n) is 8.27. The van der Waals surface area contributed by atoms with E-state index in [0.717, 1.165) is 22.9 Å². The predicted octanol–water partition coefficient (Wildman–Crippen LogP) is 2.57. The molecule has 4 atom stereocenters. The van der Waals surface area contributed by atoms with Gasteiger partial charge in [-0.15, -0.1) is 0 Å². The molecule has 31 heavy (non-hydrogen) atoms. The summed E-state index contributed by atoms with van der Waals surface area (Å²) in [6.45, 7) is 6.51. The molecule has 1 saturated heterocycles. The molecular weight excluding hydrogens is 396 g/mol. The highest BCUT2D eigenvalue weighted by Crippen LogP contribution is 2.39. The van der Waals surface area contributed by atoms with Crippen LogP contribution in [0.5, 0.6) is 0 Å². The van der Waals surface area contributed by atoms with Crippen molar-refractivity contribution in [1.29, 1.82) is 0 Å². The standard InChI is InChI=1S/C23H28N4O4/c1-4-19-13(2)14(3)22(31-19)27-12-17(21(29)26-23(27)30)20(28)24-10-9-15-11-25-18-8-6-5-7-16(15)18/h5-8,11-14,19,22,25H,4,9-10H2,1-3H3,(H,24,28)(H,26,29,30)/t13?,14-,19+,22+/m0/s1. The monoisotopic (exact) mass is 424 g/mol. The van der Waals surface area contributed by atoms with Crippen molar-refractivity contribution in [2.24, 2.45) is 11.8 Å². The minimum Gasteiger partial charge on any atom is -0.361 e. The van der Waals surface area contributed by atoms with Crippen LogP contribution < -0.4 is 16.6 Å². The van der Waals surface area contributed by atoms with Crippen LogP contribution >= 0.6 is 0 Å². The van der Waals surface area contributed by atoms with Crippen molar-refractivity contribution in [1.82, 2.24) is 19.9 Å². The predicted molar refractivity (Wildman–Crippen MR) is 118 cm³/mol. The van der Waals surface area contributed by atoms with E-state index in [1.54, 1.807) is 0 Å². The van der Waals surface area contributed by atoms with Crippen LogP contribution in [0.3, 0.4) is 0 Å². The molecule has 164 valence electrons. The molecular formula is C23H28N4O4. The Labute approximate surface area is 179 Å². The molecule has 3 aromatic rings. The third-order valence-electron chi connectivity index (χ3n) is 6.42. The number of carbonyl (C=O) groups excluding carboxylic acids is 1. The number of ether oxygens (including phenoxy) is 1. The Morgan fingerprint density at radius 3 is 2.71 bits per heavy atom. The van der Waals surface area contributed by atoms with Crippen LogP contribution in [0.1, 0.15) is 49.3 Å². The van der Waals surface area contributed by atoms with Crippen molar-refractivity contribution in [2.45, 2.75) is 45.9 Å². The summed E-state index contributed by atoms with van der Waals surface area (Å²) in [5.74, 6) is -0.172. The van der Waals surface area contributed by atoms with Crippen LogP contribution in [0.4, 0.5) is 0 Å². The summed E-state index contributed by atoms with van der Waals surface area (Å²) in [6.07, 6.45) is 4.23. The number of amides is 1. The lowest BCUT2D eigenvalue weighted by Crippen LogP contribution is -2.39. The van der Waals surface area contributed by atoms with Gasteiger partial charge in [-0.25, -0.2) is 4.79 Å². The number of para-hydroxylation sites is 1. The molecule has 1 aliphatic heterocycles. The van der Waals surface area contributed by atoms with Crippen molar-refractivity contribution >= 4 is 16.8 Å². The molecule has 3 heterocycles. The van der Waals surface area contributed by atoms with E-state index in [4.69, 9.17) is 4.74 Å². The molecule has 0 radical (unpaired) electrons. The van der Waals surface area contributed by atoms with Gasteiger partial charge in [0.25, 0.3) is 11.5 Å². The van der Waals surface area contributed by atoms with E-state index in [-0.39, 0.29) is 23.5 Å². The van der Waals surface area contributed by atoms with Crippen molar-refractivity contribution in [3.63, 3.8) is 0 Å². The second-order valence-corrected chi connectivity index (χ2v) is 8.27. The smallest absolute Gasteiger partial charge is 0.330 e. The van der Waals surface area contributed by atoms with Crippen LogP contribution in [0.2, 0.25) is 0 Å². The Bertz CT molecular complexity index is 1210. The summed E-state index contributed by atoms with van der Waals surface area (Å²) in [6, 6.07) is 7.95. The molecule has 3 N–H and O–H groups in total.